The average Bonchev–Trinajstić information content (AvgIpc) is 3.94. The first kappa shape index (κ1) is 36.8. The van der Waals surface area contributed by atoms with Crippen molar-refractivity contribution in [2.45, 2.75) is 71.1 Å². The van der Waals surface area contributed by atoms with E-state index in [0.29, 0.717) is 28.4 Å². The van der Waals surface area contributed by atoms with Gasteiger partial charge in [0.1, 0.15) is 5.82 Å². The number of fused-ring (bicyclic) bond motifs is 5. The third kappa shape index (κ3) is 7.31. The Morgan fingerprint density at radius 1 is 0.677 bits per heavy atom. The number of pyridine rings is 1. The molecular formula is C59H50N4OPt-2. The molecule has 6 heteroatoms. The largest absolute Gasteiger partial charge is 0.510 e. The maximum atomic E-state index is 9.16. The van der Waals surface area contributed by atoms with Crippen LogP contribution in [0.5, 0.6) is 11.5 Å². The summed E-state index contributed by atoms with van der Waals surface area (Å²) in [6, 6.07) is 48.0. The zero-order chi connectivity index (χ0) is 48.3. The topological polar surface area (TPSA) is 35.9 Å². The molecule has 0 atom stereocenters. The van der Waals surface area contributed by atoms with Crippen LogP contribution >= 0.6 is 0 Å². The Labute approximate surface area is 403 Å². The molecule has 11 rings (SSSR count). The molecule has 0 N–H and O–H groups in total. The SMILES string of the molecule is [2H]c1c([2H])c([2H])c(-c2cccc(-c3ccc4c(c3)C(C)(C)CC4(C)C)c2-[n+]2[c-]n(-c3[c-]c(Oc4[c-]c5c(cc4)c4ccccc4n5-c4cc(C(C)(C)C)ccn4)ccc3)c3ccccc32)c([2H])c1[2H].[Pt]. The fourth-order valence-corrected chi connectivity index (χ4v) is 10.1. The van der Waals surface area contributed by atoms with Crippen molar-refractivity contribution in [1.82, 2.24) is 14.1 Å². The molecule has 1 aliphatic carbocycles. The number of hydrogen-bond acceptors (Lipinski definition) is 2. The van der Waals surface area contributed by atoms with Gasteiger partial charge in [-0.15, -0.1) is 29.7 Å². The molecule has 0 bridgehead atoms. The van der Waals surface area contributed by atoms with Gasteiger partial charge < -0.3 is 13.9 Å². The summed E-state index contributed by atoms with van der Waals surface area (Å²) in [5.74, 6) is 1.79. The normalized spacial score (nSPS) is 15.2. The van der Waals surface area contributed by atoms with Gasteiger partial charge in [0, 0.05) is 44.3 Å². The van der Waals surface area contributed by atoms with Crippen LogP contribution in [0.15, 0.2) is 164 Å². The van der Waals surface area contributed by atoms with E-state index >= 15 is 0 Å². The number of ether oxygens (including phenoxy) is 1. The molecule has 1 aliphatic rings. The molecule has 0 spiro atoms. The summed E-state index contributed by atoms with van der Waals surface area (Å²) >= 11 is 0. The van der Waals surface area contributed by atoms with Crippen LogP contribution in [0.4, 0.5) is 0 Å². The molecule has 0 unspecified atom stereocenters. The van der Waals surface area contributed by atoms with Gasteiger partial charge in [-0.05, 0) is 90.9 Å². The summed E-state index contributed by atoms with van der Waals surface area (Å²) in [6.45, 7) is 15.8. The van der Waals surface area contributed by atoms with Gasteiger partial charge in [0.05, 0.1) is 23.6 Å². The number of aromatic nitrogens is 4. The molecule has 7 aromatic carbocycles. The summed E-state index contributed by atoms with van der Waals surface area (Å²) in [5, 5.41) is 2.13. The molecule has 10 aromatic rings. The third-order valence-electron chi connectivity index (χ3n) is 12.9. The Morgan fingerprint density at radius 2 is 1.38 bits per heavy atom. The number of imidazole rings is 1. The number of benzene rings is 7. The summed E-state index contributed by atoms with van der Waals surface area (Å²) in [6.07, 6.45) is 6.52. The van der Waals surface area contributed by atoms with Crippen molar-refractivity contribution in [3.8, 4) is 50.9 Å². The summed E-state index contributed by atoms with van der Waals surface area (Å²) < 4.78 is 56.8. The van der Waals surface area contributed by atoms with E-state index in [1.807, 2.05) is 94.2 Å². The molecule has 0 amide bonds. The van der Waals surface area contributed by atoms with Gasteiger partial charge in [0.2, 0.25) is 0 Å². The van der Waals surface area contributed by atoms with Crippen LogP contribution in [0.3, 0.4) is 0 Å². The summed E-state index contributed by atoms with van der Waals surface area (Å²) in [4.78, 5) is 4.84. The summed E-state index contributed by atoms with van der Waals surface area (Å²) in [7, 11) is 0. The first-order valence-electron chi connectivity index (χ1n) is 24.4. The van der Waals surface area contributed by atoms with E-state index in [2.05, 4.69) is 120 Å². The second-order valence-electron chi connectivity index (χ2n) is 19.3. The van der Waals surface area contributed by atoms with Crippen molar-refractivity contribution in [3.05, 3.63) is 199 Å². The van der Waals surface area contributed by atoms with Gasteiger partial charge in [-0.3, -0.25) is 4.57 Å². The first-order chi connectivity index (χ1) is 32.9. The molecule has 324 valence electrons. The van der Waals surface area contributed by atoms with Crippen molar-refractivity contribution in [1.29, 1.82) is 0 Å². The monoisotopic (exact) mass is 1030 g/mol. The molecular weight excluding hydrogens is 976 g/mol. The predicted molar refractivity (Wildman–Crippen MR) is 260 cm³/mol. The van der Waals surface area contributed by atoms with Crippen LogP contribution in [0.2, 0.25) is 0 Å². The Bertz CT molecular complexity index is 3720. The molecule has 0 fully saturated rings. The van der Waals surface area contributed by atoms with Crippen molar-refractivity contribution < 1.29 is 37.2 Å². The Morgan fingerprint density at radius 3 is 2.18 bits per heavy atom. The second-order valence-corrected chi connectivity index (χ2v) is 19.3. The van der Waals surface area contributed by atoms with E-state index in [0.717, 1.165) is 56.2 Å². The van der Waals surface area contributed by atoms with Gasteiger partial charge in [-0.2, -0.15) is 18.2 Å². The molecule has 65 heavy (non-hydrogen) atoms. The van der Waals surface area contributed by atoms with Crippen LogP contribution in [-0.2, 0) is 37.3 Å². The molecule has 0 saturated carbocycles. The van der Waals surface area contributed by atoms with E-state index in [4.69, 9.17) is 16.6 Å². The molecule has 0 saturated heterocycles. The molecule has 3 heterocycles. The molecule has 0 radical (unpaired) electrons. The average molecular weight is 1030 g/mol. The Kier molecular flexibility index (Phi) is 8.96. The van der Waals surface area contributed by atoms with E-state index in [1.165, 1.54) is 16.7 Å². The smallest absolute Gasteiger partial charge is 0.268 e. The van der Waals surface area contributed by atoms with E-state index in [1.54, 1.807) is 0 Å². The minimum absolute atomic E-state index is 0. The molecule has 5 nitrogen and oxygen atoms in total. The van der Waals surface area contributed by atoms with Crippen LogP contribution in [0.25, 0.3) is 72.3 Å². The minimum Gasteiger partial charge on any atom is -0.510 e. The maximum absolute atomic E-state index is 9.16. The van der Waals surface area contributed by atoms with Gasteiger partial charge >= 0.3 is 0 Å². The van der Waals surface area contributed by atoms with E-state index in [-0.39, 0.29) is 55.0 Å². The Balaban J connectivity index is 0.00000567. The van der Waals surface area contributed by atoms with Crippen molar-refractivity contribution >= 4 is 32.8 Å². The predicted octanol–water partition coefficient (Wildman–Crippen LogP) is 14.2. The number of para-hydroxylation sites is 4. The third-order valence-corrected chi connectivity index (χ3v) is 12.9. The number of nitrogens with zero attached hydrogens (tertiary/aromatic N) is 4. The zero-order valence-corrected chi connectivity index (χ0v) is 39.7. The van der Waals surface area contributed by atoms with Gasteiger partial charge in [0.15, 0.2) is 0 Å². The van der Waals surface area contributed by atoms with Crippen LogP contribution in [0, 0.1) is 18.5 Å². The van der Waals surface area contributed by atoms with E-state index in [9.17, 15) is 0 Å². The molecule has 0 aliphatic heterocycles. The molecule has 3 aromatic heterocycles. The standard InChI is InChI=1S/C59H50N4O.Pt/c1-57(2,3)41-31-32-60-55(34-41)63-51-24-12-11-21-47(51)48-29-28-44(36-54(48)63)64-43-20-15-19-42(35-43)61-38-62(53-26-14-13-25-52(53)61)56-45(39-17-9-8-10-18-39)22-16-23-46(56)40-27-30-49-50(33-40)59(6,7)37-58(49,4)5;/h8-34H,37H2,1-7H3;/q-2;/i8D,9D,10D,17D,18D;. The van der Waals surface area contributed by atoms with Crippen LogP contribution in [0.1, 0.15) is 78.4 Å². The minimum atomic E-state index is -0.439. The van der Waals surface area contributed by atoms with Crippen molar-refractivity contribution in [2.75, 3.05) is 0 Å². The van der Waals surface area contributed by atoms with Gasteiger partial charge in [-0.1, -0.05) is 163 Å². The van der Waals surface area contributed by atoms with E-state index < -0.39 is 18.1 Å². The quantitative estimate of drug-likeness (QED) is 0.118. The summed E-state index contributed by atoms with van der Waals surface area (Å²) in [5.41, 5.74) is 10.8. The number of rotatable bonds is 7. The van der Waals surface area contributed by atoms with Crippen LogP contribution in [-0.4, -0.2) is 14.1 Å². The maximum Gasteiger partial charge on any atom is 0.268 e. The Hall–Kier alpha value is -6.55. The van der Waals surface area contributed by atoms with Crippen molar-refractivity contribution in [3.63, 3.8) is 0 Å². The fraction of sp³-hybridized carbons (Fsp3) is 0.186. The fourth-order valence-electron chi connectivity index (χ4n) is 10.1. The van der Waals surface area contributed by atoms with Crippen molar-refractivity contribution in [2.24, 2.45) is 0 Å². The van der Waals surface area contributed by atoms with Gasteiger partial charge in [-0.25, -0.2) is 4.98 Å². The second kappa shape index (κ2) is 15.9. The van der Waals surface area contributed by atoms with Gasteiger partial charge in [0.25, 0.3) is 6.33 Å². The zero-order valence-electron chi connectivity index (χ0n) is 42.4. The first-order valence-corrected chi connectivity index (χ1v) is 21.9. The number of hydrogen-bond donors (Lipinski definition) is 0. The van der Waals surface area contributed by atoms with Crippen LogP contribution < -0.4 is 9.30 Å².